The van der Waals surface area contributed by atoms with Crippen molar-refractivity contribution < 1.29 is 22.4 Å². The van der Waals surface area contributed by atoms with Crippen molar-refractivity contribution in [2.45, 2.75) is 69.5 Å². The topological polar surface area (TPSA) is 86.8 Å². The first-order valence-corrected chi connectivity index (χ1v) is 15.6. The van der Waals surface area contributed by atoms with Gasteiger partial charge >= 0.3 is 0 Å². The molecular weight excluding hydrogens is 565 g/mol. The summed E-state index contributed by atoms with van der Waals surface area (Å²) in [5.41, 5.74) is 1.71. The third-order valence-corrected chi connectivity index (χ3v) is 9.39. The lowest BCUT2D eigenvalue weighted by Crippen LogP contribution is -2.53. The summed E-state index contributed by atoms with van der Waals surface area (Å²) in [5, 5.41) is 3.37. The number of nitrogens with one attached hydrogen (secondary N) is 1. The number of hydrogen-bond donors (Lipinski definition) is 1. The number of nitrogens with zero attached hydrogens (tertiary/aromatic N) is 2. The summed E-state index contributed by atoms with van der Waals surface area (Å²) >= 11 is 6.21. The van der Waals surface area contributed by atoms with Crippen molar-refractivity contribution in [3.63, 3.8) is 0 Å². The van der Waals surface area contributed by atoms with Gasteiger partial charge in [0.05, 0.1) is 10.6 Å². The van der Waals surface area contributed by atoms with Crippen LogP contribution in [0.5, 0.6) is 0 Å². The minimum Gasteiger partial charge on any atom is -0.352 e. The van der Waals surface area contributed by atoms with E-state index in [9.17, 15) is 22.4 Å². The van der Waals surface area contributed by atoms with E-state index in [1.54, 1.807) is 49.4 Å². The lowest BCUT2D eigenvalue weighted by Gasteiger charge is -2.33. The van der Waals surface area contributed by atoms with Crippen molar-refractivity contribution in [1.29, 1.82) is 0 Å². The van der Waals surface area contributed by atoms with Gasteiger partial charge in [-0.05, 0) is 74.7 Å². The number of amides is 2. The molecule has 1 atom stereocenters. The lowest BCUT2D eigenvalue weighted by atomic mass is 9.95. The van der Waals surface area contributed by atoms with Crippen LogP contribution in [0.4, 0.5) is 10.1 Å². The molecule has 1 unspecified atom stereocenters. The maximum atomic E-state index is 14.0. The molecule has 41 heavy (non-hydrogen) atoms. The Morgan fingerprint density at radius 1 is 1.00 bits per heavy atom. The van der Waals surface area contributed by atoms with Gasteiger partial charge in [-0.1, -0.05) is 66.8 Å². The first-order valence-electron chi connectivity index (χ1n) is 13.7. The number of anilines is 1. The minimum atomic E-state index is -4.19. The summed E-state index contributed by atoms with van der Waals surface area (Å²) in [6, 6.07) is 17.4. The van der Waals surface area contributed by atoms with Crippen LogP contribution >= 0.6 is 11.6 Å². The molecule has 1 N–H and O–H groups in total. The minimum absolute atomic E-state index is 0.00761. The van der Waals surface area contributed by atoms with E-state index in [-0.39, 0.29) is 29.1 Å². The highest BCUT2D eigenvalue weighted by atomic mass is 35.5. The molecule has 0 aromatic heterocycles. The van der Waals surface area contributed by atoms with Gasteiger partial charge in [-0.2, -0.15) is 0 Å². The molecule has 0 radical (unpaired) electrons. The number of rotatable bonds is 10. The van der Waals surface area contributed by atoms with Crippen molar-refractivity contribution in [3.05, 3.63) is 94.8 Å². The molecule has 1 aliphatic rings. The molecule has 4 rings (SSSR count). The summed E-state index contributed by atoms with van der Waals surface area (Å²) in [4.78, 5) is 28.7. The Morgan fingerprint density at radius 2 is 1.66 bits per heavy atom. The quantitative estimate of drug-likeness (QED) is 0.317. The Hall–Kier alpha value is -3.43. The van der Waals surface area contributed by atoms with E-state index in [4.69, 9.17) is 11.6 Å². The number of aryl methyl sites for hydroxylation is 1. The van der Waals surface area contributed by atoms with Crippen LogP contribution in [0.2, 0.25) is 5.02 Å². The van der Waals surface area contributed by atoms with Crippen molar-refractivity contribution in [1.82, 2.24) is 10.2 Å². The fraction of sp³-hybridized carbons (Fsp3) is 0.355. The van der Waals surface area contributed by atoms with Gasteiger partial charge in [0.25, 0.3) is 10.0 Å². The van der Waals surface area contributed by atoms with E-state index in [1.807, 2.05) is 6.92 Å². The van der Waals surface area contributed by atoms with Crippen LogP contribution < -0.4 is 9.62 Å². The summed E-state index contributed by atoms with van der Waals surface area (Å²) in [6.45, 7) is 2.89. The number of carbonyl (C=O) groups excluding carboxylic acids is 2. The Bertz CT molecular complexity index is 1460. The van der Waals surface area contributed by atoms with E-state index >= 15 is 0 Å². The molecule has 0 aliphatic heterocycles. The van der Waals surface area contributed by atoms with Crippen LogP contribution in [0, 0.1) is 12.7 Å². The highest BCUT2D eigenvalue weighted by molar-refractivity contribution is 7.92. The summed E-state index contributed by atoms with van der Waals surface area (Å²) < 4.78 is 42.4. The zero-order valence-corrected chi connectivity index (χ0v) is 24.8. The Labute approximate surface area is 246 Å². The number of halogens is 2. The molecule has 1 saturated carbocycles. The monoisotopic (exact) mass is 599 g/mol. The maximum absolute atomic E-state index is 14.0. The molecule has 1 fully saturated rings. The van der Waals surface area contributed by atoms with Crippen molar-refractivity contribution in [3.8, 4) is 0 Å². The van der Waals surface area contributed by atoms with Gasteiger partial charge in [-0.3, -0.25) is 13.9 Å². The van der Waals surface area contributed by atoms with Gasteiger partial charge in [-0.25, -0.2) is 12.8 Å². The first-order chi connectivity index (χ1) is 19.5. The molecule has 0 saturated heterocycles. The molecule has 7 nitrogen and oxygen atoms in total. The molecule has 3 aromatic carbocycles. The first kappa shape index (κ1) is 30.5. The van der Waals surface area contributed by atoms with E-state index in [0.717, 1.165) is 42.0 Å². The van der Waals surface area contributed by atoms with Gasteiger partial charge < -0.3 is 10.2 Å². The highest BCUT2D eigenvalue weighted by Gasteiger charge is 2.33. The van der Waals surface area contributed by atoms with Gasteiger partial charge in [0.15, 0.2) is 0 Å². The van der Waals surface area contributed by atoms with Crippen molar-refractivity contribution >= 4 is 39.1 Å². The van der Waals surface area contributed by atoms with Crippen LogP contribution in [0.1, 0.15) is 50.2 Å². The van der Waals surface area contributed by atoms with E-state index in [1.165, 1.54) is 35.2 Å². The van der Waals surface area contributed by atoms with Crippen LogP contribution in [0.15, 0.2) is 77.7 Å². The average molecular weight is 600 g/mol. The zero-order chi connectivity index (χ0) is 29.6. The fourth-order valence-electron chi connectivity index (χ4n) is 4.94. The molecule has 0 spiro atoms. The third-order valence-electron chi connectivity index (χ3n) is 7.37. The largest absolute Gasteiger partial charge is 0.352 e. The molecular formula is C31H35ClFN3O4S. The molecule has 0 heterocycles. The molecule has 0 bridgehead atoms. The van der Waals surface area contributed by atoms with Gasteiger partial charge in [0, 0.05) is 17.6 Å². The lowest BCUT2D eigenvalue weighted by molar-refractivity contribution is -0.139. The Morgan fingerprint density at radius 3 is 2.29 bits per heavy atom. The number of hydrogen-bond acceptors (Lipinski definition) is 4. The standard InChI is InChI=1S/C31H35ClFN3O4S/c1-22-11-17-29(18-12-22)41(39,40)36(28-10-6-7-25(32)19-28)21-30(37)35(20-24-13-15-26(33)16-14-24)23(2)31(38)34-27-8-4-3-5-9-27/h6-7,10-19,23,27H,3-5,8-9,20-21H2,1-2H3,(H,34,38). The number of sulfonamides is 1. The van der Waals surface area contributed by atoms with E-state index in [2.05, 4.69) is 5.32 Å². The molecule has 218 valence electrons. The zero-order valence-electron chi connectivity index (χ0n) is 23.2. The normalized spacial score (nSPS) is 14.7. The smallest absolute Gasteiger partial charge is 0.264 e. The van der Waals surface area contributed by atoms with E-state index in [0.29, 0.717) is 10.6 Å². The molecule has 1 aliphatic carbocycles. The van der Waals surface area contributed by atoms with Gasteiger partial charge in [0.2, 0.25) is 11.8 Å². The predicted molar refractivity (Wildman–Crippen MR) is 159 cm³/mol. The van der Waals surface area contributed by atoms with Gasteiger partial charge in [0.1, 0.15) is 18.4 Å². The van der Waals surface area contributed by atoms with Crippen molar-refractivity contribution in [2.24, 2.45) is 0 Å². The summed E-state index contributed by atoms with van der Waals surface area (Å²) in [6.07, 6.45) is 4.95. The number of carbonyl (C=O) groups is 2. The summed E-state index contributed by atoms with van der Waals surface area (Å²) in [5.74, 6) is -1.33. The predicted octanol–water partition coefficient (Wildman–Crippen LogP) is 5.85. The molecule has 2 amide bonds. The second-order valence-electron chi connectivity index (χ2n) is 10.5. The average Bonchev–Trinajstić information content (AvgIpc) is 2.95. The number of benzene rings is 3. The van der Waals surface area contributed by atoms with Crippen LogP contribution in [-0.4, -0.2) is 43.8 Å². The van der Waals surface area contributed by atoms with Crippen LogP contribution in [0.25, 0.3) is 0 Å². The highest BCUT2D eigenvalue weighted by Crippen LogP contribution is 2.27. The Balaban J connectivity index is 1.67. The van der Waals surface area contributed by atoms with Crippen LogP contribution in [-0.2, 0) is 26.2 Å². The SMILES string of the molecule is Cc1ccc(S(=O)(=O)N(CC(=O)N(Cc2ccc(F)cc2)C(C)C(=O)NC2CCCCC2)c2cccc(Cl)c2)cc1. The van der Waals surface area contributed by atoms with Gasteiger partial charge in [-0.15, -0.1) is 0 Å². The Kier molecular flexibility index (Phi) is 10.0. The summed E-state index contributed by atoms with van der Waals surface area (Å²) in [7, 11) is -4.19. The maximum Gasteiger partial charge on any atom is 0.264 e. The molecule has 3 aromatic rings. The van der Waals surface area contributed by atoms with Crippen LogP contribution in [0.3, 0.4) is 0 Å². The fourth-order valence-corrected chi connectivity index (χ4v) is 6.53. The second-order valence-corrected chi connectivity index (χ2v) is 12.8. The third kappa shape index (κ3) is 7.86. The second kappa shape index (κ2) is 13.5. The van der Waals surface area contributed by atoms with Crippen molar-refractivity contribution in [2.75, 3.05) is 10.8 Å². The molecule has 10 heteroatoms. The van der Waals surface area contributed by atoms with E-state index < -0.39 is 34.3 Å².